The Bertz CT molecular complexity index is 949. The van der Waals surface area contributed by atoms with E-state index in [9.17, 15) is 4.79 Å². The number of carbonyl (C=O) groups is 1. The molecule has 0 saturated carbocycles. The minimum atomic E-state index is 0.200. The molecule has 1 fully saturated rings. The Labute approximate surface area is 170 Å². The highest BCUT2D eigenvalue weighted by Crippen LogP contribution is 2.22. The van der Waals surface area contributed by atoms with Crippen molar-refractivity contribution in [2.45, 2.75) is 12.8 Å². The predicted molar refractivity (Wildman–Crippen MR) is 112 cm³/mol. The van der Waals surface area contributed by atoms with Gasteiger partial charge in [-0.25, -0.2) is 0 Å². The van der Waals surface area contributed by atoms with Crippen molar-refractivity contribution in [3.8, 4) is 17.0 Å². The molecule has 1 aliphatic rings. The van der Waals surface area contributed by atoms with Gasteiger partial charge in [0.2, 0.25) is 5.91 Å². The number of hydrogen-bond donors (Lipinski definition) is 1. The maximum atomic E-state index is 12.6. The summed E-state index contributed by atoms with van der Waals surface area (Å²) in [5.41, 5.74) is 3.08. The van der Waals surface area contributed by atoms with Crippen LogP contribution in [0.25, 0.3) is 11.3 Å². The van der Waals surface area contributed by atoms with Crippen molar-refractivity contribution in [2.75, 3.05) is 38.2 Å². The number of methoxy groups -OCH3 is 1. The number of nitrogens with zero attached hydrogens (tertiary/aromatic N) is 4. The summed E-state index contributed by atoms with van der Waals surface area (Å²) in [6.45, 7) is 2.99. The molecule has 29 heavy (non-hydrogen) atoms. The van der Waals surface area contributed by atoms with Crippen molar-refractivity contribution in [3.63, 3.8) is 0 Å². The zero-order valence-corrected chi connectivity index (χ0v) is 16.5. The highest BCUT2D eigenvalue weighted by atomic mass is 16.5. The molecule has 0 aliphatic carbocycles. The first-order valence-electron chi connectivity index (χ1n) is 9.84. The molecule has 3 aromatic rings. The topological polar surface area (TPSA) is 74.3 Å². The fraction of sp³-hybridized carbons (Fsp3) is 0.318. The number of anilines is 1. The standard InChI is InChI=1S/C22H25N5O2/c1-29-19-6-2-4-17(14-19)7-8-22(28)27-12-10-26(11-13-27)21-15-20(24-25-21)18-5-3-9-23-16-18/h2-6,9,14-16H,7-8,10-13H2,1H3,(H,24,25). The van der Waals surface area contributed by atoms with Gasteiger partial charge in [0.25, 0.3) is 0 Å². The summed E-state index contributed by atoms with van der Waals surface area (Å²) in [6.07, 6.45) is 4.81. The third-order valence-corrected chi connectivity index (χ3v) is 5.25. The van der Waals surface area contributed by atoms with Crippen LogP contribution < -0.4 is 9.64 Å². The van der Waals surface area contributed by atoms with E-state index in [0.717, 1.165) is 47.9 Å². The number of nitrogens with one attached hydrogen (secondary N) is 1. The number of H-pyrrole nitrogens is 1. The first kappa shape index (κ1) is 19.0. The second-order valence-corrected chi connectivity index (χ2v) is 7.10. The van der Waals surface area contributed by atoms with Crippen LogP contribution in [0.3, 0.4) is 0 Å². The van der Waals surface area contributed by atoms with E-state index in [2.05, 4.69) is 20.1 Å². The number of aromatic nitrogens is 3. The van der Waals surface area contributed by atoms with Crippen LogP contribution in [0.15, 0.2) is 54.9 Å². The summed E-state index contributed by atoms with van der Waals surface area (Å²) < 4.78 is 5.25. The lowest BCUT2D eigenvalue weighted by atomic mass is 10.1. The maximum absolute atomic E-state index is 12.6. The molecule has 150 valence electrons. The molecule has 1 N–H and O–H groups in total. The van der Waals surface area contributed by atoms with E-state index >= 15 is 0 Å². The van der Waals surface area contributed by atoms with Crippen molar-refractivity contribution in [3.05, 3.63) is 60.4 Å². The first-order valence-corrected chi connectivity index (χ1v) is 9.84. The number of piperazine rings is 1. The van der Waals surface area contributed by atoms with Gasteiger partial charge in [0.1, 0.15) is 5.75 Å². The molecule has 2 aromatic heterocycles. The Morgan fingerprint density at radius 3 is 2.76 bits per heavy atom. The Kier molecular flexibility index (Phi) is 5.74. The quantitative estimate of drug-likeness (QED) is 0.699. The lowest BCUT2D eigenvalue weighted by molar-refractivity contribution is -0.131. The fourth-order valence-electron chi connectivity index (χ4n) is 3.57. The number of aryl methyl sites for hydroxylation is 1. The number of aromatic amines is 1. The fourth-order valence-corrected chi connectivity index (χ4v) is 3.57. The number of benzene rings is 1. The highest BCUT2D eigenvalue weighted by molar-refractivity contribution is 5.77. The molecular weight excluding hydrogens is 366 g/mol. The number of ether oxygens (including phenoxy) is 1. The Morgan fingerprint density at radius 2 is 2.00 bits per heavy atom. The second-order valence-electron chi connectivity index (χ2n) is 7.10. The third-order valence-electron chi connectivity index (χ3n) is 5.25. The van der Waals surface area contributed by atoms with Gasteiger partial charge >= 0.3 is 0 Å². The van der Waals surface area contributed by atoms with E-state index in [4.69, 9.17) is 4.74 Å². The summed E-state index contributed by atoms with van der Waals surface area (Å²) in [5, 5.41) is 7.51. The van der Waals surface area contributed by atoms with Gasteiger partial charge in [-0.2, -0.15) is 5.10 Å². The molecule has 1 saturated heterocycles. The summed E-state index contributed by atoms with van der Waals surface area (Å²) in [7, 11) is 1.66. The summed E-state index contributed by atoms with van der Waals surface area (Å²) >= 11 is 0. The van der Waals surface area contributed by atoms with Crippen LogP contribution in [0.2, 0.25) is 0 Å². The summed E-state index contributed by atoms with van der Waals surface area (Å²) in [4.78, 5) is 20.9. The average molecular weight is 391 g/mol. The number of carbonyl (C=O) groups excluding carboxylic acids is 1. The minimum Gasteiger partial charge on any atom is -0.497 e. The summed E-state index contributed by atoms with van der Waals surface area (Å²) in [6, 6.07) is 13.8. The Morgan fingerprint density at radius 1 is 1.14 bits per heavy atom. The molecule has 4 rings (SSSR count). The molecule has 7 nitrogen and oxygen atoms in total. The molecule has 0 bridgehead atoms. The molecule has 1 aliphatic heterocycles. The van der Waals surface area contributed by atoms with Crippen LogP contribution in [-0.2, 0) is 11.2 Å². The maximum Gasteiger partial charge on any atom is 0.223 e. The minimum absolute atomic E-state index is 0.200. The number of hydrogen-bond acceptors (Lipinski definition) is 5. The van der Waals surface area contributed by atoms with Crippen LogP contribution in [-0.4, -0.2) is 59.3 Å². The van der Waals surface area contributed by atoms with E-state index in [1.165, 1.54) is 0 Å². The van der Waals surface area contributed by atoms with Gasteiger partial charge in [0.15, 0.2) is 5.82 Å². The number of amides is 1. The van der Waals surface area contributed by atoms with Crippen molar-refractivity contribution >= 4 is 11.7 Å². The van der Waals surface area contributed by atoms with Gasteiger partial charge in [-0.15, -0.1) is 0 Å². The smallest absolute Gasteiger partial charge is 0.223 e. The first-order chi connectivity index (χ1) is 14.2. The summed E-state index contributed by atoms with van der Waals surface area (Å²) in [5.74, 6) is 1.94. The van der Waals surface area contributed by atoms with Crippen LogP contribution in [0.5, 0.6) is 5.75 Å². The zero-order valence-electron chi connectivity index (χ0n) is 16.5. The zero-order chi connectivity index (χ0) is 20.1. The number of pyridine rings is 1. The van der Waals surface area contributed by atoms with E-state index in [-0.39, 0.29) is 5.91 Å². The van der Waals surface area contributed by atoms with Crippen molar-refractivity contribution < 1.29 is 9.53 Å². The average Bonchev–Trinajstić information content (AvgIpc) is 3.29. The third kappa shape index (κ3) is 4.56. The van der Waals surface area contributed by atoms with Gasteiger partial charge in [-0.3, -0.25) is 14.9 Å². The highest BCUT2D eigenvalue weighted by Gasteiger charge is 2.22. The normalized spacial score (nSPS) is 14.1. The second kappa shape index (κ2) is 8.77. The largest absolute Gasteiger partial charge is 0.497 e. The van der Waals surface area contributed by atoms with Crippen molar-refractivity contribution in [1.29, 1.82) is 0 Å². The van der Waals surface area contributed by atoms with Crippen LogP contribution >= 0.6 is 0 Å². The lowest BCUT2D eigenvalue weighted by Crippen LogP contribution is -2.49. The van der Waals surface area contributed by atoms with E-state index in [1.54, 1.807) is 13.3 Å². The molecule has 1 aromatic carbocycles. The monoisotopic (exact) mass is 391 g/mol. The van der Waals surface area contributed by atoms with Gasteiger partial charge in [-0.05, 0) is 36.2 Å². The molecule has 0 spiro atoms. The van der Waals surface area contributed by atoms with E-state index in [0.29, 0.717) is 19.5 Å². The predicted octanol–water partition coefficient (Wildman–Crippen LogP) is 2.76. The molecule has 0 unspecified atom stereocenters. The molecule has 3 heterocycles. The molecule has 0 radical (unpaired) electrons. The molecule has 0 atom stereocenters. The van der Waals surface area contributed by atoms with Gasteiger partial charge in [0, 0.05) is 56.6 Å². The Hall–Kier alpha value is -3.35. The van der Waals surface area contributed by atoms with Crippen molar-refractivity contribution in [1.82, 2.24) is 20.1 Å². The van der Waals surface area contributed by atoms with Gasteiger partial charge < -0.3 is 14.5 Å². The van der Waals surface area contributed by atoms with E-state index < -0.39 is 0 Å². The SMILES string of the molecule is COc1cccc(CCC(=O)N2CCN(c3cc(-c4cccnc4)[nH]n3)CC2)c1. The molecule has 1 amide bonds. The van der Waals surface area contributed by atoms with Crippen LogP contribution in [0.1, 0.15) is 12.0 Å². The van der Waals surface area contributed by atoms with Gasteiger partial charge in [-0.1, -0.05) is 12.1 Å². The number of rotatable bonds is 6. The van der Waals surface area contributed by atoms with Gasteiger partial charge in [0.05, 0.1) is 12.8 Å². The lowest BCUT2D eigenvalue weighted by Gasteiger charge is -2.34. The van der Waals surface area contributed by atoms with E-state index in [1.807, 2.05) is 53.6 Å². The molecular formula is C22H25N5O2. The Balaban J connectivity index is 1.29. The van der Waals surface area contributed by atoms with Crippen LogP contribution in [0.4, 0.5) is 5.82 Å². The molecule has 7 heteroatoms. The van der Waals surface area contributed by atoms with Crippen LogP contribution in [0, 0.1) is 0 Å². The van der Waals surface area contributed by atoms with Crippen molar-refractivity contribution in [2.24, 2.45) is 0 Å².